The highest BCUT2D eigenvalue weighted by atomic mass is 15.4. The van der Waals surface area contributed by atoms with Crippen LogP contribution in [0.5, 0.6) is 0 Å². The molecule has 0 atom stereocenters. The van der Waals surface area contributed by atoms with E-state index in [1.165, 1.54) is 0 Å². The first kappa shape index (κ1) is 14.3. The van der Waals surface area contributed by atoms with Crippen molar-refractivity contribution < 1.29 is 0 Å². The highest BCUT2D eigenvalue weighted by Crippen LogP contribution is 2.22. The van der Waals surface area contributed by atoms with E-state index in [9.17, 15) is 0 Å². The molecule has 4 aromatic rings. The Bertz CT molecular complexity index is 1030. The van der Waals surface area contributed by atoms with Gasteiger partial charge in [-0.1, -0.05) is 6.07 Å². The van der Waals surface area contributed by atoms with Gasteiger partial charge in [-0.2, -0.15) is 4.52 Å². The highest BCUT2D eigenvalue weighted by Gasteiger charge is 2.31. The molecule has 0 N–H and O–H groups in total. The number of hydrogen-bond donors (Lipinski definition) is 0. The lowest BCUT2D eigenvalue weighted by Gasteiger charge is -2.44. The number of pyridine rings is 1. The minimum Gasteiger partial charge on any atom is -0.352 e. The maximum atomic E-state index is 4.54. The number of fused-ring (bicyclic) bond motifs is 2. The zero-order valence-electron chi connectivity index (χ0n) is 13.8. The lowest BCUT2D eigenvalue weighted by Crippen LogP contribution is -2.58. The number of nitrogens with zero attached hydrogens (tertiary/aromatic N) is 9. The van der Waals surface area contributed by atoms with Gasteiger partial charge in [-0.15, -0.1) is 25.5 Å². The van der Waals surface area contributed by atoms with Crippen molar-refractivity contribution in [3.8, 4) is 0 Å². The summed E-state index contributed by atoms with van der Waals surface area (Å²) in [6.45, 7) is 2.64. The van der Waals surface area contributed by atoms with Gasteiger partial charge in [0.25, 0.3) is 0 Å². The Morgan fingerprint density at radius 2 is 2.00 bits per heavy atom. The van der Waals surface area contributed by atoms with E-state index < -0.39 is 0 Å². The molecule has 0 radical (unpaired) electrons. The molecule has 5 rings (SSSR count). The molecular formula is C16H17N9. The minimum atomic E-state index is 0.467. The van der Waals surface area contributed by atoms with Crippen LogP contribution in [0.1, 0.15) is 5.82 Å². The molecule has 9 heteroatoms. The molecule has 25 heavy (non-hydrogen) atoms. The number of aromatic nitrogens is 7. The first-order chi connectivity index (χ1) is 12.3. The molecule has 5 heterocycles. The molecule has 0 spiro atoms. The predicted octanol–water partition coefficient (Wildman–Crippen LogP) is 0.488. The maximum Gasteiger partial charge on any atom is 0.177 e. The fourth-order valence-electron chi connectivity index (χ4n) is 3.16. The number of hydrogen-bond acceptors (Lipinski definition) is 7. The van der Waals surface area contributed by atoms with Crippen molar-refractivity contribution in [1.82, 2.24) is 39.3 Å². The van der Waals surface area contributed by atoms with Crippen LogP contribution in [0.2, 0.25) is 0 Å². The molecule has 0 aromatic carbocycles. The number of anilines is 1. The molecular weight excluding hydrogens is 318 g/mol. The quantitative estimate of drug-likeness (QED) is 0.537. The summed E-state index contributed by atoms with van der Waals surface area (Å²) < 4.78 is 3.74. The normalized spacial score (nSPS) is 15.4. The second-order valence-corrected chi connectivity index (χ2v) is 6.34. The Labute approximate surface area is 143 Å². The summed E-state index contributed by atoms with van der Waals surface area (Å²) in [6.07, 6.45) is 3.63. The van der Waals surface area contributed by atoms with E-state index in [0.29, 0.717) is 6.04 Å². The third-order valence-electron chi connectivity index (χ3n) is 4.73. The van der Waals surface area contributed by atoms with Crippen LogP contribution < -0.4 is 4.90 Å². The van der Waals surface area contributed by atoms with Crippen molar-refractivity contribution in [3.05, 3.63) is 48.7 Å². The molecule has 4 aromatic heterocycles. The highest BCUT2D eigenvalue weighted by molar-refractivity contribution is 5.47. The standard InChI is InChI=1S/C16H17N9/c1-22(10-16-20-19-13-4-2-3-7-24(13)16)12-8-23(9-12)15-6-5-14-18-17-11-25(14)21-15/h2-7,11-12H,8-10H2,1H3. The first-order valence-electron chi connectivity index (χ1n) is 8.19. The topological polar surface area (TPSA) is 79.8 Å². The van der Waals surface area contributed by atoms with Gasteiger partial charge in [-0.05, 0) is 31.3 Å². The second-order valence-electron chi connectivity index (χ2n) is 6.34. The molecule has 0 aliphatic carbocycles. The summed E-state index contributed by atoms with van der Waals surface area (Å²) in [5.74, 6) is 1.91. The Kier molecular flexibility index (Phi) is 3.14. The summed E-state index contributed by atoms with van der Waals surface area (Å²) >= 11 is 0. The van der Waals surface area contributed by atoms with Gasteiger partial charge in [-0.25, -0.2) is 0 Å². The third kappa shape index (κ3) is 2.40. The Balaban J connectivity index is 1.26. The second kappa shape index (κ2) is 5.49. The van der Waals surface area contributed by atoms with E-state index in [1.807, 2.05) is 40.9 Å². The van der Waals surface area contributed by atoms with Gasteiger partial charge in [0.2, 0.25) is 0 Å². The van der Waals surface area contributed by atoms with Crippen LogP contribution in [0.3, 0.4) is 0 Å². The van der Waals surface area contributed by atoms with Crippen LogP contribution in [0.25, 0.3) is 11.3 Å². The van der Waals surface area contributed by atoms with Crippen LogP contribution in [0, 0.1) is 0 Å². The van der Waals surface area contributed by atoms with Crippen molar-refractivity contribution in [2.24, 2.45) is 0 Å². The lowest BCUT2D eigenvalue weighted by atomic mass is 10.1. The zero-order valence-corrected chi connectivity index (χ0v) is 13.8. The van der Waals surface area contributed by atoms with E-state index in [2.05, 4.69) is 42.3 Å². The number of rotatable bonds is 4. The van der Waals surface area contributed by atoms with Crippen LogP contribution in [-0.2, 0) is 6.54 Å². The maximum absolute atomic E-state index is 4.54. The smallest absolute Gasteiger partial charge is 0.177 e. The zero-order chi connectivity index (χ0) is 16.8. The average Bonchev–Trinajstić information content (AvgIpc) is 3.20. The Morgan fingerprint density at radius 1 is 1.08 bits per heavy atom. The van der Waals surface area contributed by atoms with E-state index in [0.717, 1.165) is 42.6 Å². The molecule has 1 aliphatic heterocycles. The molecule has 9 nitrogen and oxygen atoms in total. The van der Waals surface area contributed by atoms with Crippen LogP contribution in [0.4, 0.5) is 5.82 Å². The van der Waals surface area contributed by atoms with E-state index in [-0.39, 0.29) is 0 Å². The minimum absolute atomic E-state index is 0.467. The van der Waals surface area contributed by atoms with Gasteiger partial charge in [-0.3, -0.25) is 9.30 Å². The average molecular weight is 335 g/mol. The summed E-state index contributed by atoms with van der Waals surface area (Å²) in [5, 5.41) is 20.9. The van der Waals surface area contributed by atoms with Crippen molar-refractivity contribution >= 4 is 17.1 Å². The van der Waals surface area contributed by atoms with Gasteiger partial charge in [0.15, 0.2) is 17.1 Å². The largest absolute Gasteiger partial charge is 0.352 e. The van der Waals surface area contributed by atoms with Crippen molar-refractivity contribution in [1.29, 1.82) is 0 Å². The summed E-state index contributed by atoms with van der Waals surface area (Å²) in [5.41, 5.74) is 1.64. The van der Waals surface area contributed by atoms with Crippen molar-refractivity contribution in [2.75, 3.05) is 25.0 Å². The van der Waals surface area contributed by atoms with Gasteiger partial charge in [0.1, 0.15) is 12.1 Å². The summed E-state index contributed by atoms with van der Waals surface area (Å²) in [4.78, 5) is 4.57. The monoisotopic (exact) mass is 335 g/mol. The first-order valence-corrected chi connectivity index (χ1v) is 8.19. The molecule has 0 saturated carbocycles. The van der Waals surface area contributed by atoms with Gasteiger partial charge in [0.05, 0.1) is 6.54 Å². The van der Waals surface area contributed by atoms with Gasteiger partial charge >= 0.3 is 0 Å². The summed E-state index contributed by atoms with van der Waals surface area (Å²) in [6, 6.07) is 10.3. The van der Waals surface area contributed by atoms with Crippen LogP contribution in [-0.4, -0.2) is 65.5 Å². The SMILES string of the molecule is CN(Cc1nnc2ccccn12)C1CN(c2ccc3nncn3n2)C1. The fraction of sp³-hybridized carbons (Fsp3) is 0.312. The number of likely N-dealkylation sites (N-methyl/N-ethyl adjacent to an activating group) is 1. The molecule has 1 fully saturated rings. The van der Waals surface area contributed by atoms with Gasteiger partial charge in [0, 0.05) is 25.3 Å². The fourth-order valence-corrected chi connectivity index (χ4v) is 3.16. The van der Waals surface area contributed by atoms with Crippen LogP contribution >= 0.6 is 0 Å². The molecule has 1 aliphatic rings. The summed E-state index contributed by atoms with van der Waals surface area (Å²) in [7, 11) is 2.13. The lowest BCUT2D eigenvalue weighted by molar-refractivity contribution is 0.192. The molecule has 0 bridgehead atoms. The van der Waals surface area contributed by atoms with E-state index >= 15 is 0 Å². The van der Waals surface area contributed by atoms with Crippen molar-refractivity contribution in [2.45, 2.75) is 12.6 Å². The molecule has 126 valence electrons. The Hall–Kier alpha value is -3.07. The molecule has 0 unspecified atom stereocenters. The third-order valence-corrected chi connectivity index (χ3v) is 4.73. The van der Waals surface area contributed by atoms with Gasteiger partial charge < -0.3 is 4.90 Å². The van der Waals surface area contributed by atoms with Crippen LogP contribution in [0.15, 0.2) is 42.9 Å². The van der Waals surface area contributed by atoms with E-state index in [1.54, 1.807) is 10.8 Å². The van der Waals surface area contributed by atoms with Crippen molar-refractivity contribution in [3.63, 3.8) is 0 Å². The molecule has 0 amide bonds. The Morgan fingerprint density at radius 3 is 2.92 bits per heavy atom. The molecule has 1 saturated heterocycles. The predicted molar refractivity (Wildman–Crippen MR) is 91.2 cm³/mol. The van der Waals surface area contributed by atoms with E-state index in [4.69, 9.17) is 0 Å².